The molecule has 0 aromatic carbocycles. The second-order valence-electron chi connectivity index (χ2n) is 2.44. The molecule has 2 heterocycles. The van der Waals surface area contributed by atoms with Gasteiger partial charge in [0.05, 0.1) is 4.47 Å². The quantitative estimate of drug-likeness (QED) is 0.740. The molecule has 0 radical (unpaired) electrons. The standard InChI is InChI=1S/C8H3Br2ClN2O/c9-4-3-12-8(13-7(4)11)5-1-2-6(10)14-5/h1-3H. The molecule has 14 heavy (non-hydrogen) atoms. The second kappa shape index (κ2) is 4.00. The summed E-state index contributed by atoms with van der Waals surface area (Å²) in [6, 6.07) is 3.54. The Morgan fingerprint density at radius 1 is 1.29 bits per heavy atom. The first kappa shape index (κ1) is 10.1. The van der Waals surface area contributed by atoms with Crippen molar-refractivity contribution in [2.24, 2.45) is 0 Å². The van der Waals surface area contributed by atoms with E-state index in [0.29, 0.717) is 25.9 Å². The highest BCUT2D eigenvalue weighted by Crippen LogP contribution is 2.25. The number of halogens is 3. The minimum absolute atomic E-state index is 0.363. The number of hydrogen-bond donors (Lipinski definition) is 0. The molecule has 0 spiro atoms. The lowest BCUT2D eigenvalue weighted by atomic mass is 10.4. The first-order chi connectivity index (χ1) is 6.66. The van der Waals surface area contributed by atoms with Crippen LogP contribution in [0, 0.1) is 0 Å². The van der Waals surface area contributed by atoms with Crippen molar-refractivity contribution in [1.82, 2.24) is 9.97 Å². The zero-order valence-corrected chi connectivity index (χ0v) is 10.6. The normalized spacial score (nSPS) is 10.5. The highest BCUT2D eigenvalue weighted by molar-refractivity contribution is 9.10. The maximum Gasteiger partial charge on any atom is 0.197 e. The fourth-order valence-electron chi connectivity index (χ4n) is 0.900. The predicted molar refractivity (Wildman–Crippen MR) is 60.1 cm³/mol. The lowest BCUT2D eigenvalue weighted by molar-refractivity contribution is 0.551. The first-order valence-corrected chi connectivity index (χ1v) is 5.57. The molecule has 2 aromatic heterocycles. The van der Waals surface area contributed by atoms with E-state index in [4.69, 9.17) is 16.0 Å². The van der Waals surface area contributed by atoms with Crippen molar-refractivity contribution >= 4 is 43.5 Å². The van der Waals surface area contributed by atoms with Crippen LogP contribution in [0.5, 0.6) is 0 Å². The summed E-state index contributed by atoms with van der Waals surface area (Å²) in [4.78, 5) is 8.11. The van der Waals surface area contributed by atoms with Crippen molar-refractivity contribution in [3.63, 3.8) is 0 Å². The SMILES string of the molecule is Clc1nc(-c2ccc(Br)o2)ncc1Br. The monoisotopic (exact) mass is 336 g/mol. The Hall–Kier alpha value is -0.390. The number of rotatable bonds is 1. The molecule has 0 saturated carbocycles. The van der Waals surface area contributed by atoms with Gasteiger partial charge in [-0.25, -0.2) is 9.97 Å². The van der Waals surface area contributed by atoms with Gasteiger partial charge in [0.2, 0.25) is 0 Å². The topological polar surface area (TPSA) is 38.9 Å². The zero-order valence-electron chi connectivity index (χ0n) is 6.67. The Balaban J connectivity index is 2.47. The van der Waals surface area contributed by atoms with Crippen LogP contribution in [-0.4, -0.2) is 9.97 Å². The minimum Gasteiger partial charge on any atom is -0.446 e. The van der Waals surface area contributed by atoms with Crippen LogP contribution in [0.1, 0.15) is 0 Å². The average Bonchev–Trinajstić information content (AvgIpc) is 2.57. The van der Waals surface area contributed by atoms with E-state index in [9.17, 15) is 0 Å². The van der Waals surface area contributed by atoms with E-state index in [0.717, 1.165) is 0 Å². The summed E-state index contributed by atoms with van der Waals surface area (Å²) >= 11 is 12.2. The van der Waals surface area contributed by atoms with Gasteiger partial charge in [-0.2, -0.15) is 0 Å². The molecule has 72 valence electrons. The molecule has 0 atom stereocenters. The van der Waals surface area contributed by atoms with Gasteiger partial charge in [-0.1, -0.05) is 11.6 Å². The van der Waals surface area contributed by atoms with Gasteiger partial charge >= 0.3 is 0 Å². The van der Waals surface area contributed by atoms with Crippen LogP contribution in [-0.2, 0) is 0 Å². The van der Waals surface area contributed by atoms with Gasteiger partial charge in [0.1, 0.15) is 5.15 Å². The van der Waals surface area contributed by atoms with Gasteiger partial charge in [-0.3, -0.25) is 0 Å². The van der Waals surface area contributed by atoms with Gasteiger partial charge in [-0.05, 0) is 44.0 Å². The van der Waals surface area contributed by atoms with Gasteiger partial charge in [0.15, 0.2) is 16.3 Å². The van der Waals surface area contributed by atoms with Crippen LogP contribution in [0.15, 0.2) is 31.9 Å². The van der Waals surface area contributed by atoms with Crippen LogP contribution in [0.4, 0.5) is 0 Å². The van der Waals surface area contributed by atoms with Gasteiger partial charge in [0, 0.05) is 6.20 Å². The van der Waals surface area contributed by atoms with Gasteiger partial charge < -0.3 is 4.42 Å². The fourth-order valence-corrected chi connectivity index (χ4v) is 1.53. The van der Waals surface area contributed by atoms with Crippen LogP contribution in [0.2, 0.25) is 5.15 Å². The van der Waals surface area contributed by atoms with Crippen molar-refractivity contribution in [3.8, 4) is 11.6 Å². The van der Waals surface area contributed by atoms with E-state index in [2.05, 4.69) is 41.8 Å². The Bertz CT molecular complexity index is 472. The fraction of sp³-hybridized carbons (Fsp3) is 0. The van der Waals surface area contributed by atoms with Gasteiger partial charge in [-0.15, -0.1) is 0 Å². The molecule has 0 saturated heterocycles. The lowest BCUT2D eigenvalue weighted by Crippen LogP contribution is -1.87. The summed E-state index contributed by atoms with van der Waals surface area (Å²) in [7, 11) is 0. The van der Waals surface area contributed by atoms with Gasteiger partial charge in [0.25, 0.3) is 0 Å². The third kappa shape index (κ3) is 1.99. The summed E-state index contributed by atoms with van der Waals surface area (Å²) in [6.07, 6.45) is 1.58. The summed E-state index contributed by atoms with van der Waals surface area (Å²) in [6.45, 7) is 0. The minimum atomic E-state index is 0.363. The molecule has 0 unspecified atom stereocenters. The molecule has 0 aliphatic rings. The van der Waals surface area contributed by atoms with Crippen molar-refractivity contribution in [3.05, 3.63) is 32.6 Å². The van der Waals surface area contributed by atoms with Crippen LogP contribution in [0.25, 0.3) is 11.6 Å². The van der Waals surface area contributed by atoms with E-state index >= 15 is 0 Å². The number of aromatic nitrogens is 2. The zero-order chi connectivity index (χ0) is 10.1. The summed E-state index contributed by atoms with van der Waals surface area (Å²) in [5.74, 6) is 1.04. The van der Waals surface area contributed by atoms with E-state index in [1.807, 2.05) is 0 Å². The van der Waals surface area contributed by atoms with Crippen molar-refractivity contribution in [1.29, 1.82) is 0 Å². The van der Waals surface area contributed by atoms with Crippen molar-refractivity contribution in [2.45, 2.75) is 0 Å². The van der Waals surface area contributed by atoms with Crippen molar-refractivity contribution < 1.29 is 4.42 Å². The molecule has 0 amide bonds. The summed E-state index contributed by atoms with van der Waals surface area (Å²) in [5, 5.41) is 0.363. The Morgan fingerprint density at radius 3 is 2.64 bits per heavy atom. The van der Waals surface area contributed by atoms with Crippen LogP contribution >= 0.6 is 43.5 Å². The second-order valence-corrected chi connectivity index (χ2v) is 4.43. The molecule has 0 N–H and O–H groups in total. The molecule has 0 fully saturated rings. The largest absolute Gasteiger partial charge is 0.446 e. The lowest BCUT2D eigenvalue weighted by Gasteiger charge is -1.97. The third-order valence-corrected chi connectivity index (χ3v) is 3.02. The highest BCUT2D eigenvalue weighted by Gasteiger charge is 2.08. The molecule has 0 aliphatic heterocycles. The molecule has 6 heteroatoms. The Morgan fingerprint density at radius 2 is 2.07 bits per heavy atom. The molecule has 0 bridgehead atoms. The smallest absolute Gasteiger partial charge is 0.197 e. The molecular weight excluding hydrogens is 335 g/mol. The maximum atomic E-state index is 5.82. The van der Waals surface area contributed by atoms with Crippen LogP contribution in [0.3, 0.4) is 0 Å². The Kier molecular flexibility index (Phi) is 2.90. The first-order valence-electron chi connectivity index (χ1n) is 3.60. The Labute approximate surface area is 102 Å². The average molecular weight is 338 g/mol. The molecule has 3 nitrogen and oxygen atoms in total. The number of nitrogens with zero attached hydrogens (tertiary/aromatic N) is 2. The maximum absolute atomic E-state index is 5.82. The molecule has 0 aliphatic carbocycles. The highest BCUT2D eigenvalue weighted by atomic mass is 79.9. The van der Waals surface area contributed by atoms with E-state index in [1.54, 1.807) is 18.3 Å². The molecule has 2 rings (SSSR count). The van der Waals surface area contributed by atoms with Crippen LogP contribution < -0.4 is 0 Å². The summed E-state index contributed by atoms with van der Waals surface area (Å²) < 4.78 is 6.58. The third-order valence-electron chi connectivity index (χ3n) is 1.49. The number of hydrogen-bond acceptors (Lipinski definition) is 3. The summed E-state index contributed by atoms with van der Waals surface area (Å²) in [5.41, 5.74) is 0. The van der Waals surface area contributed by atoms with E-state index in [-0.39, 0.29) is 0 Å². The number of furan rings is 1. The van der Waals surface area contributed by atoms with Crippen molar-refractivity contribution in [2.75, 3.05) is 0 Å². The predicted octanol–water partition coefficient (Wildman–Crippen LogP) is 3.92. The van der Waals surface area contributed by atoms with E-state index in [1.165, 1.54) is 0 Å². The molecule has 2 aromatic rings. The molecular formula is C8H3Br2ClN2O. The van der Waals surface area contributed by atoms with E-state index < -0.39 is 0 Å².